The summed E-state index contributed by atoms with van der Waals surface area (Å²) in [5, 5.41) is 7.30. The monoisotopic (exact) mass is 515 g/mol. The number of fused-ring (bicyclic) bond motifs is 5. The summed E-state index contributed by atoms with van der Waals surface area (Å²) < 4.78 is 2.60. The van der Waals surface area contributed by atoms with E-state index in [1.54, 1.807) is 0 Å². The zero-order chi connectivity index (χ0) is 25.8. The molecule has 0 unspecified atom stereocenters. The number of hydrogen-bond donors (Lipinski definition) is 0. The molecule has 0 bridgehead atoms. The molecule has 0 aliphatic rings. The molecule has 0 radical (unpaired) electrons. The molecule has 182 valence electrons. The Bertz CT molecular complexity index is 2180. The Morgan fingerprint density at radius 2 is 1.10 bits per heavy atom. The van der Waals surface area contributed by atoms with Crippen molar-refractivity contribution in [3.63, 3.8) is 0 Å². The Kier molecular flexibility index (Phi) is 5.00. The van der Waals surface area contributed by atoms with Crippen LogP contribution in [0.4, 0.5) is 0 Å². The molecule has 3 nitrogen and oxygen atoms in total. The van der Waals surface area contributed by atoms with Crippen LogP contribution in [-0.2, 0) is 0 Å². The van der Waals surface area contributed by atoms with Gasteiger partial charge in [0, 0.05) is 36.9 Å². The highest BCUT2D eigenvalue weighted by molar-refractivity contribution is 7.25. The van der Waals surface area contributed by atoms with E-state index in [-0.39, 0.29) is 0 Å². The lowest BCUT2D eigenvalue weighted by molar-refractivity contribution is 1.08. The van der Waals surface area contributed by atoms with Crippen LogP contribution in [-0.4, -0.2) is 15.0 Å². The maximum Gasteiger partial charge on any atom is 0.164 e. The van der Waals surface area contributed by atoms with E-state index in [0.717, 1.165) is 27.5 Å². The van der Waals surface area contributed by atoms with Crippen LogP contribution in [0.5, 0.6) is 0 Å². The lowest BCUT2D eigenvalue weighted by atomic mass is 10.0. The molecule has 8 rings (SSSR count). The second-order valence-corrected chi connectivity index (χ2v) is 10.8. The third-order valence-electron chi connectivity index (χ3n) is 7.29. The Morgan fingerprint density at radius 3 is 2.00 bits per heavy atom. The molecule has 6 aromatic carbocycles. The van der Waals surface area contributed by atoms with E-state index < -0.39 is 0 Å². The van der Waals surface area contributed by atoms with E-state index in [9.17, 15) is 0 Å². The van der Waals surface area contributed by atoms with Gasteiger partial charge in [0.1, 0.15) is 0 Å². The lowest BCUT2D eigenvalue weighted by Crippen LogP contribution is -2.00. The van der Waals surface area contributed by atoms with Gasteiger partial charge in [0.2, 0.25) is 0 Å². The van der Waals surface area contributed by atoms with Crippen molar-refractivity contribution >= 4 is 53.1 Å². The van der Waals surface area contributed by atoms with Crippen molar-refractivity contribution in [2.45, 2.75) is 0 Å². The summed E-state index contributed by atoms with van der Waals surface area (Å²) in [5.41, 5.74) is 2.95. The van der Waals surface area contributed by atoms with Gasteiger partial charge >= 0.3 is 0 Å². The fourth-order valence-electron chi connectivity index (χ4n) is 5.37. The first-order valence-corrected chi connectivity index (χ1v) is 13.8. The summed E-state index contributed by atoms with van der Waals surface area (Å²) in [6, 6.07) is 44.5. The molecule has 2 aromatic heterocycles. The molecule has 0 atom stereocenters. The van der Waals surface area contributed by atoms with Crippen molar-refractivity contribution < 1.29 is 0 Å². The Hall–Kier alpha value is -4.93. The van der Waals surface area contributed by atoms with Crippen molar-refractivity contribution in [2.75, 3.05) is 0 Å². The van der Waals surface area contributed by atoms with Crippen LogP contribution in [0, 0.1) is 0 Å². The second-order valence-electron chi connectivity index (χ2n) is 9.71. The molecular weight excluding hydrogens is 494 g/mol. The quantitative estimate of drug-likeness (QED) is 0.235. The average Bonchev–Trinajstić information content (AvgIpc) is 3.37. The Labute approximate surface area is 229 Å². The highest BCUT2D eigenvalue weighted by atomic mass is 32.1. The molecule has 0 saturated heterocycles. The predicted molar refractivity (Wildman–Crippen MR) is 164 cm³/mol. The van der Waals surface area contributed by atoms with Crippen molar-refractivity contribution in [2.24, 2.45) is 0 Å². The van der Waals surface area contributed by atoms with Crippen LogP contribution < -0.4 is 0 Å². The summed E-state index contributed by atoms with van der Waals surface area (Å²) in [6.07, 6.45) is 0. The molecule has 4 heteroatoms. The molecular formula is C35H21N3S. The molecule has 0 N–H and O–H groups in total. The smallest absolute Gasteiger partial charge is 0.164 e. The Morgan fingerprint density at radius 1 is 0.385 bits per heavy atom. The van der Waals surface area contributed by atoms with E-state index in [1.807, 2.05) is 41.7 Å². The van der Waals surface area contributed by atoms with E-state index in [0.29, 0.717) is 17.5 Å². The maximum atomic E-state index is 5.03. The summed E-state index contributed by atoms with van der Waals surface area (Å²) in [6.45, 7) is 0. The van der Waals surface area contributed by atoms with Gasteiger partial charge in [0.15, 0.2) is 17.5 Å². The third-order valence-corrected chi connectivity index (χ3v) is 8.43. The zero-order valence-electron chi connectivity index (χ0n) is 20.9. The largest absolute Gasteiger partial charge is 0.208 e. The van der Waals surface area contributed by atoms with Crippen LogP contribution in [0.3, 0.4) is 0 Å². The summed E-state index contributed by atoms with van der Waals surface area (Å²) in [4.78, 5) is 15.0. The molecule has 2 heterocycles. The standard InChI is InChI=1S/C35H21N3S/c1-2-10-23(11-3-1)33-36-34(38-35(37-33)29-15-8-12-22-9-4-5-13-27(22)29)25-18-17-24-20-30-28-14-6-7-16-31(28)39-32(30)21-26(24)19-25/h1-21H. The topological polar surface area (TPSA) is 38.7 Å². The number of hydrogen-bond acceptors (Lipinski definition) is 4. The summed E-state index contributed by atoms with van der Waals surface area (Å²) >= 11 is 1.84. The van der Waals surface area contributed by atoms with E-state index in [4.69, 9.17) is 15.0 Å². The van der Waals surface area contributed by atoms with E-state index >= 15 is 0 Å². The minimum Gasteiger partial charge on any atom is -0.208 e. The second kappa shape index (κ2) is 8.83. The number of aromatic nitrogens is 3. The first-order chi connectivity index (χ1) is 19.3. The highest BCUT2D eigenvalue weighted by Gasteiger charge is 2.15. The summed E-state index contributed by atoms with van der Waals surface area (Å²) in [5.74, 6) is 2.02. The lowest BCUT2D eigenvalue weighted by Gasteiger charge is -2.11. The number of nitrogens with zero attached hydrogens (tertiary/aromatic N) is 3. The van der Waals surface area contributed by atoms with Crippen LogP contribution in [0.15, 0.2) is 127 Å². The van der Waals surface area contributed by atoms with Gasteiger partial charge < -0.3 is 0 Å². The van der Waals surface area contributed by atoms with Gasteiger partial charge in [0.25, 0.3) is 0 Å². The van der Waals surface area contributed by atoms with Crippen LogP contribution >= 0.6 is 11.3 Å². The minimum absolute atomic E-state index is 0.670. The van der Waals surface area contributed by atoms with Crippen molar-refractivity contribution in [3.8, 4) is 34.2 Å². The molecule has 0 saturated carbocycles. The van der Waals surface area contributed by atoms with Crippen molar-refractivity contribution in [3.05, 3.63) is 127 Å². The van der Waals surface area contributed by atoms with Crippen molar-refractivity contribution in [1.29, 1.82) is 0 Å². The number of thiophene rings is 1. The van der Waals surface area contributed by atoms with Crippen LogP contribution in [0.1, 0.15) is 0 Å². The van der Waals surface area contributed by atoms with Gasteiger partial charge in [-0.05, 0) is 45.8 Å². The first-order valence-electron chi connectivity index (χ1n) is 13.0. The van der Waals surface area contributed by atoms with Gasteiger partial charge in [-0.15, -0.1) is 11.3 Å². The van der Waals surface area contributed by atoms with Gasteiger partial charge in [0.05, 0.1) is 0 Å². The average molecular weight is 516 g/mol. The SMILES string of the molecule is c1ccc(-c2nc(-c3ccc4cc5c(cc4c3)sc3ccccc35)nc(-c3cccc4ccccc34)n2)cc1. The van der Waals surface area contributed by atoms with E-state index in [2.05, 4.69) is 97.1 Å². The number of benzene rings is 6. The highest BCUT2D eigenvalue weighted by Crippen LogP contribution is 2.37. The maximum absolute atomic E-state index is 5.03. The fourth-order valence-corrected chi connectivity index (χ4v) is 6.51. The van der Waals surface area contributed by atoms with Gasteiger partial charge in [-0.2, -0.15) is 0 Å². The van der Waals surface area contributed by atoms with Gasteiger partial charge in [-0.3, -0.25) is 0 Å². The molecule has 8 aromatic rings. The predicted octanol–water partition coefficient (Wildman–Crippen LogP) is 9.55. The number of rotatable bonds is 3. The molecule has 0 fully saturated rings. The third kappa shape index (κ3) is 3.77. The van der Waals surface area contributed by atoms with Crippen LogP contribution in [0.2, 0.25) is 0 Å². The minimum atomic E-state index is 0.670. The van der Waals surface area contributed by atoms with Gasteiger partial charge in [-0.25, -0.2) is 15.0 Å². The van der Waals surface area contributed by atoms with Gasteiger partial charge in [-0.1, -0.05) is 103 Å². The summed E-state index contributed by atoms with van der Waals surface area (Å²) in [7, 11) is 0. The van der Waals surface area contributed by atoms with Crippen molar-refractivity contribution in [1.82, 2.24) is 15.0 Å². The molecule has 39 heavy (non-hydrogen) atoms. The molecule has 0 spiro atoms. The van der Waals surface area contributed by atoms with Crippen LogP contribution in [0.25, 0.3) is 75.9 Å². The molecule has 0 aliphatic heterocycles. The Balaban J connectivity index is 1.34. The first kappa shape index (κ1) is 22.1. The normalized spacial score (nSPS) is 11.6. The zero-order valence-corrected chi connectivity index (χ0v) is 21.7. The fraction of sp³-hybridized carbons (Fsp3) is 0. The molecule has 0 amide bonds. The van der Waals surface area contributed by atoms with E-state index in [1.165, 1.54) is 30.9 Å². The molecule has 0 aliphatic carbocycles.